The standard InChI is InChI=1S/C32H48O4/c1-19-9-15-31-18-17-30(8)29(7)14-10-22-27(4,5)24(35-21(3)33)12-13-28(22,6)23(29)11-16-32(30,36-26(31)34)25(31)20(19)2/h11,16,19-20,22-25H,9-10,12-15,17-18H2,1-8H3/t19-,20+,22-,23-,24+,25+,28+,29-,30+,31+,32+/m1/s1. The van der Waals surface area contributed by atoms with Crippen molar-refractivity contribution in [2.75, 3.05) is 0 Å². The van der Waals surface area contributed by atoms with Crippen molar-refractivity contribution in [1.82, 2.24) is 0 Å². The SMILES string of the molecule is CC(=O)O[C@H]1CC[C@@]2(C)[C@H](CC[C@]3(C)[C@@H]2C=C[C@]24OC(=O)[C@@]5(CC[C@@H](C)[C@H](C)[C@@H]52)CC[C@]43C)C1(C)C. The maximum Gasteiger partial charge on any atom is 0.313 e. The lowest BCUT2D eigenvalue weighted by molar-refractivity contribution is -0.247. The summed E-state index contributed by atoms with van der Waals surface area (Å²) in [6.45, 7) is 18.6. The molecule has 0 unspecified atom stereocenters. The number of esters is 2. The summed E-state index contributed by atoms with van der Waals surface area (Å²) in [6, 6.07) is 0. The van der Waals surface area contributed by atoms with Crippen LogP contribution < -0.4 is 0 Å². The van der Waals surface area contributed by atoms with Gasteiger partial charge in [-0.2, -0.15) is 0 Å². The molecule has 4 saturated carbocycles. The van der Waals surface area contributed by atoms with Crippen LogP contribution in [0.1, 0.15) is 107 Å². The normalized spacial score (nSPS) is 56.5. The minimum absolute atomic E-state index is 0.0115. The van der Waals surface area contributed by atoms with E-state index in [1.165, 1.54) is 0 Å². The Balaban J connectivity index is 1.46. The molecule has 0 radical (unpaired) electrons. The molecule has 1 aliphatic heterocycles. The molecule has 2 bridgehead atoms. The van der Waals surface area contributed by atoms with Crippen molar-refractivity contribution in [2.45, 2.75) is 118 Å². The monoisotopic (exact) mass is 496 g/mol. The lowest BCUT2D eigenvalue weighted by Gasteiger charge is -2.72. The quantitative estimate of drug-likeness (QED) is 0.287. The summed E-state index contributed by atoms with van der Waals surface area (Å²) >= 11 is 0. The van der Waals surface area contributed by atoms with E-state index in [-0.39, 0.29) is 51.0 Å². The summed E-state index contributed by atoms with van der Waals surface area (Å²) in [4.78, 5) is 25.6. The van der Waals surface area contributed by atoms with Crippen LogP contribution in [0.2, 0.25) is 0 Å². The van der Waals surface area contributed by atoms with Gasteiger partial charge in [0.2, 0.25) is 0 Å². The van der Waals surface area contributed by atoms with Crippen molar-refractivity contribution in [1.29, 1.82) is 0 Å². The molecule has 0 N–H and O–H groups in total. The molecule has 0 amide bonds. The van der Waals surface area contributed by atoms with Crippen molar-refractivity contribution in [3.63, 3.8) is 0 Å². The maximum absolute atomic E-state index is 13.7. The Morgan fingerprint density at radius 3 is 2.39 bits per heavy atom. The minimum atomic E-state index is -0.477. The van der Waals surface area contributed by atoms with Crippen LogP contribution in [0.4, 0.5) is 0 Å². The fourth-order valence-corrected chi connectivity index (χ4v) is 11.8. The molecule has 0 aromatic rings. The van der Waals surface area contributed by atoms with Gasteiger partial charge in [0.15, 0.2) is 0 Å². The van der Waals surface area contributed by atoms with E-state index in [4.69, 9.17) is 9.47 Å². The highest BCUT2D eigenvalue weighted by molar-refractivity contribution is 5.82. The zero-order valence-electron chi connectivity index (χ0n) is 23.9. The van der Waals surface area contributed by atoms with Gasteiger partial charge in [0.05, 0.1) is 5.41 Å². The fraction of sp³-hybridized carbons (Fsp3) is 0.875. The predicted molar refractivity (Wildman–Crippen MR) is 140 cm³/mol. The number of fused-ring (bicyclic) bond motifs is 4. The van der Waals surface area contributed by atoms with E-state index in [2.05, 4.69) is 60.6 Å². The maximum atomic E-state index is 13.7. The Hall–Kier alpha value is -1.32. The largest absolute Gasteiger partial charge is 0.462 e. The van der Waals surface area contributed by atoms with Gasteiger partial charge in [-0.25, -0.2) is 0 Å². The molecule has 6 aliphatic rings. The Kier molecular flexibility index (Phi) is 5.00. The first-order chi connectivity index (χ1) is 16.7. The van der Waals surface area contributed by atoms with Gasteiger partial charge >= 0.3 is 11.9 Å². The van der Waals surface area contributed by atoms with Crippen LogP contribution in [-0.4, -0.2) is 23.6 Å². The van der Waals surface area contributed by atoms with Crippen molar-refractivity contribution in [3.05, 3.63) is 12.2 Å². The fourth-order valence-electron chi connectivity index (χ4n) is 11.8. The van der Waals surface area contributed by atoms with Gasteiger partial charge < -0.3 is 9.47 Å². The highest BCUT2D eigenvalue weighted by Crippen LogP contribution is 2.79. The molecule has 4 heteroatoms. The highest BCUT2D eigenvalue weighted by Gasteiger charge is 2.80. The van der Waals surface area contributed by atoms with Gasteiger partial charge in [0.1, 0.15) is 11.7 Å². The van der Waals surface area contributed by atoms with Crippen LogP contribution >= 0.6 is 0 Å². The average Bonchev–Trinajstić information content (AvgIpc) is 2.99. The molecule has 36 heavy (non-hydrogen) atoms. The van der Waals surface area contributed by atoms with E-state index in [1.54, 1.807) is 6.92 Å². The molecule has 11 atom stereocenters. The molecular weight excluding hydrogens is 448 g/mol. The second-order valence-electron chi connectivity index (χ2n) is 15.3. The van der Waals surface area contributed by atoms with Crippen molar-refractivity contribution >= 4 is 11.9 Å². The molecule has 6 rings (SSSR count). The second-order valence-corrected chi connectivity index (χ2v) is 15.3. The summed E-state index contributed by atoms with van der Waals surface area (Å²) in [6.07, 6.45) is 13.4. The number of ether oxygens (including phenoxy) is 2. The summed E-state index contributed by atoms with van der Waals surface area (Å²) < 4.78 is 12.6. The van der Waals surface area contributed by atoms with Crippen molar-refractivity contribution < 1.29 is 19.1 Å². The number of hydrogen-bond donors (Lipinski definition) is 0. The number of allylic oxidation sites excluding steroid dienone is 1. The highest BCUT2D eigenvalue weighted by atomic mass is 16.6. The topological polar surface area (TPSA) is 52.6 Å². The molecule has 4 nitrogen and oxygen atoms in total. The molecule has 1 spiro atoms. The van der Waals surface area contributed by atoms with E-state index in [9.17, 15) is 9.59 Å². The van der Waals surface area contributed by atoms with Crippen LogP contribution in [0.15, 0.2) is 12.2 Å². The average molecular weight is 497 g/mol. The lowest BCUT2D eigenvalue weighted by Crippen LogP contribution is -2.71. The van der Waals surface area contributed by atoms with Gasteiger partial charge in [0, 0.05) is 23.7 Å². The second kappa shape index (κ2) is 7.20. The summed E-state index contributed by atoms with van der Waals surface area (Å²) in [5.74, 6) is 2.27. The Bertz CT molecular complexity index is 1030. The number of hydrogen-bond acceptors (Lipinski definition) is 4. The van der Waals surface area contributed by atoms with Gasteiger partial charge in [-0.15, -0.1) is 0 Å². The third-order valence-electron chi connectivity index (χ3n) is 14.1. The summed E-state index contributed by atoms with van der Waals surface area (Å²) in [5, 5.41) is 0. The van der Waals surface area contributed by atoms with Crippen LogP contribution in [-0.2, 0) is 19.1 Å². The van der Waals surface area contributed by atoms with Gasteiger partial charge in [-0.1, -0.05) is 54.5 Å². The number of carbonyl (C=O) groups is 2. The van der Waals surface area contributed by atoms with Crippen LogP contribution in [0, 0.1) is 56.7 Å². The van der Waals surface area contributed by atoms with E-state index >= 15 is 0 Å². The first-order valence-electron chi connectivity index (χ1n) is 14.8. The molecule has 1 heterocycles. The molecule has 5 aliphatic carbocycles. The van der Waals surface area contributed by atoms with Gasteiger partial charge in [0.25, 0.3) is 0 Å². The van der Waals surface area contributed by atoms with Gasteiger partial charge in [-0.05, 0) is 91.9 Å². The Morgan fingerprint density at radius 1 is 0.972 bits per heavy atom. The predicted octanol–water partition coefficient (Wildman–Crippen LogP) is 7.11. The lowest BCUT2D eigenvalue weighted by atomic mass is 9.32. The molecule has 5 fully saturated rings. The zero-order valence-corrected chi connectivity index (χ0v) is 23.9. The van der Waals surface area contributed by atoms with Crippen LogP contribution in [0.5, 0.6) is 0 Å². The molecule has 0 aromatic heterocycles. The summed E-state index contributed by atoms with van der Waals surface area (Å²) in [7, 11) is 0. The third-order valence-corrected chi connectivity index (χ3v) is 14.1. The van der Waals surface area contributed by atoms with E-state index < -0.39 is 5.60 Å². The van der Waals surface area contributed by atoms with Crippen molar-refractivity contribution in [2.24, 2.45) is 56.7 Å². The molecule has 200 valence electrons. The molecular formula is C32H48O4. The summed E-state index contributed by atoms with van der Waals surface area (Å²) in [5.41, 5.74) is -0.681. The van der Waals surface area contributed by atoms with E-state index in [0.29, 0.717) is 23.7 Å². The first-order valence-corrected chi connectivity index (χ1v) is 14.8. The molecule has 0 aromatic carbocycles. The number of rotatable bonds is 1. The van der Waals surface area contributed by atoms with Crippen LogP contribution in [0.25, 0.3) is 0 Å². The smallest absolute Gasteiger partial charge is 0.313 e. The zero-order chi connectivity index (χ0) is 26.1. The Morgan fingerprint density at radius 2 is 1.69 bits per heavy atom. The first kappa shape index (κ1) is 25.0. The van der Waals surface area contributed by atoms with Gasteiger partial charge in [-0.3, -0.25) is 9.59 Å². The molecule has 1 saturated heterocycles. The van der Waals surface area contributed by atoms with E-state index in [0.717, 1.165) is 51.4 Å². The van der Waals surface area contributed by atoms with E-state index in [1.807, 2.05) is 0 Å². The van der Waals surface area contributed by atoms with Crippen molar-refractivity contribution in [3.8, 4) is 0 Å². The Labute approximate surface area is 218 Å². The van der Waals surface area contributed by atoms with Crippen LogP contribution in [0.3, 0.4) is 0 Å². The number of carbonyl (C=O) groups excluding carboxylic acids is 2. The third kappa shape index (κ3) is 2.58. The minimum Gasteiger partial charge on any atom is -0.462 e.